The van der Waals surface area contributed by atoms with Crippen LogP contribution in [-0.4, -0.2) is 17.7 Å². The number of hydrogen-bond acceptors (Lipinski definition) is 2. The summed E-state index contributed by atoms with van der Waals surface area (Å²) in [5, 5.41) is 10.2. The van der Waals surface area contributed by atoms with Gasteiger partial charge >= 0.3 is 6.09 Å². The third-order valence-electron chi connectivity index (χ3n) is 0.691. The van der Waals surface area contributed by atoms with Crippen LogP contribution in [0.1, 0.15) is 6.42 Å². The lowest BCUT2D eigenvalue weighted by Crippen LogP contribution is -2.03. The molecule has 0 aromatic heterocycles. The highest BCUT2D eigenvalue weighted by atomic mass is 16.4. The van der Waals surface area contributed by atoms with Crippen LogP contribution in [0, 0.1) is 0 Å². The number of primary amides is 1. The normalized spacial score (nSPS) is 13.3. The van der Waals surface area contributed by atoms with Crippen molar-refractivity contribution in [1.82, 2.24) is 5.32 Å². The van der Waals surface area contributed by atoms with E-state index in [1.165, 1.54) is 6.42 Å². The predicted molar refractivity (Wildman–Crippen MR) is 34.0 cm³/mol. The van der Waals surface area contributed by atoms with Crippen molar-refractivity contribution in [1.29, 1.82) is 0 Å². The Morgan fingerprint density at radius 3 is 2.44 bits per heavy atom. The monoisotopic (exact) mass is 130 g/mol. The van der Waals surface area contributed by atoms with Gasteiger partial charge in [-0.2, -0.15) is 0 Å². The van der Waals surface area contributed by atoms with Crippen LogP contribution in [0.2, 0.25) is 0 Å². The Balaban J connectivity index is 0.000000148. The summed E-state index contributed by atoms with van der Waals surface area (Å²) in [6.07, 6.45) is 3.99. The lowest BCUT2D eigenvalue weighted by atomic mass is 10.5. The van der Waals surface area contributed by atoms with Gasteiger partial charge in [0.25, 0.3) is 0 Å². The van der Waals surface area contributed by atoms with Gasteiger partial charge in [0, 0.05) is 6.54 Å². The van der Waals surface area contributed by atoms with Gasteiger partial charge < -0.3 is 16.2 Å². The number of carbonyl (C=O) groups is 1. The summed E-state index contributed by atoms with van der Waals surface area (Å²) in [7, 11) is 0. The minimum atomic E-state index is -1.33. The molecule has 0 aromatic carbocycles. The highest BCUT2D eigenvalue weighted by molar-refractivity contribution is 5.61. The maximum Gasteiger partial charge on any atom is 0.402 e. The third-order valence-corrected chi connectivity index (χ3v) is 0.691. The SMILES string of the molecule is C1=CNCC1.NC(=O)O. The number of nitrogens with two attached hydrogens (primary N) is 1. The van der Waals surface area contributed by atoms with Crippen molar-refractivity contribution < 1.29 is 9.90 Å². The van der Waals surface area contributed by atoms with E-state index < -0.39 is 6.09 Å². The van der Waals surface area contributed by atoms with Crippen LogP contribution in [0.15, 0.2) is 12.3 Å². The Kier molecular flexibility index (Phi) is 4.30. The van der Waals surface area contributed by atoms with E-state index in [0.717, 1.165) is 6.54 Å². The van der Waals surface area contributed by atoms with Gasteiger partial charge in [-0.25, -0.2) is 4.79 Å². The van der Waals surface area contributed by atoms with Gasteiger partial charge in [0.15, 0.2) is 0 Å². The van der Waals surface area contributed by atoms with E-state index in [-0.39, 0.29) is 0 Å². The minimum absolute atomic E-state index is 1.14. The lowest BCUT2D eigenvalue weighted by molar-refractivity contribution is 0.205. The molecule has 0 bridgehead atoms. The molecule has 4 nitrogen and oxygen atoms in total. The maximum atomic E-state index is 8.78. The minimum Gasteiger partial charge on any atom is -0.465 e. The molecule has 0 spiro atoms. The quantitative estimate of drug-likeness (QED) is 0.436. The molecule has 4 N–H and O–H groups in total. The molecule has 4 heteroatoms. The molecule has 0 radical (unpaired) electrons. The summed E-state index contributed by atoms with van der Waals surface area (Å²) in [5.41, 5.74) is 4.03. The largest absolute Gasteiger partial charge is 0.465 e. The fourth-order valence-corrected chi connectivity index (χ4v) is 0.417. The fraction of sp³-hybridized carbons (Fsp3) is 0.400. The summed E-state index contributed by atoms with van der Waals surface area (Å²) in [5.74, 6) is 0. The molecule has 0 saturated heterocycles. The van der Waals surface area contributed by atoms with E-state index in [9.17, 15) is 0 Å². The Bertz CT molecular complexity index is 102. The molecule has 52 valence electrons. The first-order valence-electron chi connectivity index (χ1n) is 2.60. The molecule has 0 atom stereocenters. The van der Waals surface area contributed by atoms with E-state index in [2.05, 4.69) is 17.1 Å². The van der Waals surface area contributed by atoms with Crippen molar-refractivity contribution in [3.05, 3.63) is 12.3 Å². The van der Waals surface area contributed by atoms with E-state index in [1.807, 2.05) is 6.20 Å². The standard InChI is InChI=1S/C4H7N.CH3NO2/c1-2-4-5-3-1;2-1(3)4/h1,3,5H,2,4H2;2H2,(H,3,4). The van der Waals surface area contributed by atoms with Crippen LogP contribution < -0.4 is 11.1 Å². The molecule has 0 aromatic rings. The van der Waals surface area contributed by atoms with Crippen molar-refractivity contribution in [2.75, 3.05) is 6.54 Å². The first kappa shape index (κ1) is 7.81. The Morgan fingerprint density at radius 1 is 1.78 bits per heavy atom. The van der Waals surface area contributed by atoms with Crippen LogP contribution in [0.5, 0.6) is 0 Å². The summed E-state index contributed by atoms with van der Waals surface area (Å²) in [6, 6.07) is 0. The van der Waals surface area contributed by atoms with Crippen LogP contribution >= 0.6 is 0 Å². The van der Waals surface area contributed by atoms with Crippen LogP contribution in [0.3, 0.4) is 0 Å². The summed E-state index contributed by atoms with van der Waals surface area (Å²) in [4.78, 5) is 8.78. The number of carboxylic acid groups (broad SMARTS) is 1. The van der Waals surface area contributed by atoms with Gasteiger partial charge in [-0.3, -0.25) is 0 Å². The number of rotatable bonds is 0. The van der Waals surface area contributed by atoms with Crippen molar-refractivity contribution >= 4 is 6.09 Å². The van der Waals surface area contributed by atoms with Gasteiger partial charge in [0.2, 0.25) is 0 Å². The van der Waals surface area contributed by atoms with Gasteiger partial charge in [-0.1, -0.05) is 6.08 Å². The van der Waals surface area contributed by atoms with Crippen LogP contribution in [0.25, 0.3) is 0 Å². The molecular weight excluding hydrogens is 120 g/mol. The second kappa shape index (κ2) is 4.96. The summed E-state index contributed by atoms with van der Waals surface area (Å²) in [6.45, 7) is 1.14. The molecule has 0 saturated carbocycles. The topological polar surface area (TPSA) is 75.3 Å². The highest BCUT2D eigenvalue weighted by Crippen LogP contribution is 1.84. The maximum absolute atomic E-state index is 8.78. The Hall–Kier alpha value is -1.19. The van der Waals surface area contributed by atoms with E-state index in [4.69, 9.17) is 9.90 Å². The van der Waals surface area contributed by atoms with Gasteiger partial charge in [0.1, 0.15) is 0 Å². The zero-order valence-electron chi connectivity index (χ0n) is 5.00. The zero-order chi connectivity index (χ0) is 7.11. The van der Waals surface area contributed by atoms with Gasteiger partial charge in [-0.05, 0) is 12.6 Å². The molecule has 0 unspecified atom stereocenters. The first-order chi connectivity index (χ1) is 4.23. The van der Waals surface area contributed by atoms with Gasteiger partial charge in [0.05, 0.1) is 0 Å². The molecule has 1 aliphatic rings. The molecule has 1 heterocycles. The second-order valence-corrected chi connectivity index (χ2v) is 1.48. The average molecular weight is 130 g/mol. The van der Waals surface area contributed by atoms with Crippen LogP contribution in [0.4, 0.5) is 4.79 Å². The fourth-order valence-electron chi connectivity index (χ4n) is 0.417. The Morgan fingerprint density at radius 2 is 2.33 bits per heavy atom. The molecule has 1 amide bonds. The summed E-state index contributed by atoms with van der Waals surface area (Å²) >= 11 is 0. The number of hydrogen-bond donors (Lipinski definition) is 3. The zero-order valence-corrected chi connectivity index (χ0v) is 5.00. The molecule has 0 aliphatic carbocycles. The number of nitrogens with one attached hydrogen (secondary N) is 1. The molecule has 1 aliphatic heterocycles. The lowest BCUT2D eigenvalue weighted by Gasteiger charge is -1.78. The van der Waals surface area contributed by atoms with Crippen LogP contribution in [-0.2, 0) is 0 Å². The average Bonchev–Trinajstić information content (AvgIpc) is 2.11. The molecule has 9 heavy (non-hydrogen) atoms. The van der Waals surface area contributed by atoms with Crippen molar-refractivity contribution in [3.63, 3.8) is 0 Å². The smallest absolute Gasteiger partial charge is 0.402 e. The highest BCUT2D eigenvalue weighted by Gasteiger charge is 1.81. The predicted octanol–water partition coefficient (Wildman–Crippen LogP) is 0.117. The molecular formula is C5H10N2O2. The van der Waals surface area contributed by atoms with Crippen molar-refractivity contribution in [3.8, 4) is 0 Å². The summed E-state index contributed by atoms with van der Waals surface area (Å²) < 4.78 is 0. The van der Waals surface area contributed by atoms with Crippen molar-refractivity contribution in [2.24, 2.45) is 5.73 Å². The molecule has 0 fully saturated rings. The van der Waals surface area contributed by atoms with Crippen molar-refractivity contribution in [2.45, 2.75) is 6.42 Å². The Labute approximate surface area is 53.4 Å². The second-order valence-electron chi connectivity index (χ2n) is 1.48. The first-order valence-corrected chi connectivity index (χ1v) is 2.60. The van der Waals surface area contributed by atoms with E-state index in [0.29, 0.717) is 0 Å². The number of amides is 1. The van der Waals surface area contributed by atoms with E-state index >= 15 is 0 Å². The third kappa shape index (κ3) is 10.9. The van der Waals surface area contributed by atoms with E-state index in [1.54, 1.807) is 0 Å². The van der Waals surface area contributed by atoms with Gasteiger partial charge in [-0.15, -0.1) is 0 Å². The molecule has 1 rings (SSSR count).